The lowest BCUT2D eigenvalue weighted by atomic mass is 10.2. The number of halogens is 2. The molecule has 1 amide bonds. The molecule has 2 heterocycles. The quantitative estimate of drug-likeness (QED) is 0.878. The number of carbonyl (C=O) groups excluding carboxylic acids is 1. The van der Waals surface area contributed by atoms with Gasteiger partial charge in [-0.25, -0.2) is 0 Å². The van der Waals surface area contributed by atoms with Crippen molar-refractivity contribution in [2.45, 2.75) is 18.9 Å². The summed E-state index contributed by atoms with van der Waals surface area (Å²) >= 11 is 12.1. The lowest BCUT2D eigenvalue weighted by Gasteiger charge is -2.10. The zero-order chi connectivity index (χ0) is 16.2. The molecule has 1 aliphatic rings. The van der Waals surface area contributed by atoms with Crippen LogP contribution in [0.5, 0.6) is 0 Å². The number of nitrogens with zero attached hydrogens (tertiary/aromatic N) is 2. The van der Waals surface area contributed by atoms with Crippen molar-refractivity contribution in [1.29, 1.82) is 0 Å². The van der Waals surface area contributed by atoms with Crippen LogP contribution in [0.2, 0.25) is 10.0 Å². The summed E-state index contributed by atoms with van der Waals surface area (Å²) in [6, 6.07) is 8.60. The average molecular weight is 353 g/mol. The van der Waals surface area contributed by atoms with E-state index in [-0.39, 0.29) is 5.91 Å². The van der Waals surface area contributed by atoms with Gasteiger partial charge in [-0.05, 0) is 37.1 Å². The second kappa shape index (κ2) is 7.12. The predicted molar refractivity (Wildman–Crippen MR) is 89.4 cm³/mol. The fourth-order valence-electron chi connectivity index (χ4n) is 2.20. The van der Waals surface area contributed by atoms with Crippen molar-refractivity contribution >= 4 is 46.4 Å². The Morgan fingerprint density at radius 1 is 1.17 bits per heavy atom. The Bertz CT molecular complexity index is 703. The number of rotatable bonds is 4. The van der Waals surface area contributed by atoms with Crippen LogP contribution in [0.15, 0.2) is 30.3 Å². The second-order valence-electron chi connectivity index (χ2n) is 5.02. The summed E-state index contributed by atoms with van der Waals surface area (Å²) in [6.45, 7) is 0.618. The topological polar surface area (TPSA) is 76.1 Å². The molecular formula is C15H14Cl2N4O2. The third kappa shape index (κ3) is 3.90. The van der Waals surface area contributed by atoms with Crippen LogP contribution in [-0.2, 0) is 9.53 Å². The van der Waals surface area contributed by atoms with E-state index in [4.69, 9.17) is 27.9 Å². The van der Waals surface area contributed by atoms with Crippen LogP contribution in [0.3, 0.4) is 0 Å². The molecule has 0 saturated carbocycles. The fourth-order valence-corrected chi connectivity index (χ4v) is 2.54. The van der Waals surface area contributed by atoms with Gasteiger partial charge in [0.25, 0.3) is 5.91 Å². The number of hydrogen-bond acceptors (Lipinski definition) is 5. The van der Waals surface area contributed by atoms with Gasteiger partial charge >= 0.3 is 0 Å². The Morgan fingerprint density at radius 2 is 1.96 bits per heavy atom. The lowest BCUT2D eigenvalue weighted by Crippen LogP contribution is -2.27. The summed E-state index contributed by atoms with van der Waals surface area (Å²) in [7, 11) is 0. The molecule has 2 N–H and O–H groups in total. The monoisotopic (exact) mass is 352 g/mol. The van der Waals surface area contributed by atoms with Crippen molar-refractivity contribution in [3.05, 3.63) is 40.4 Å². The molecule has 1 saturated heterocycles. The van der Waals surface area contributed by atoms with Crippen LogP contribution in [0.25, 0.3) is 0 Å². The van der Waals surface area contributed by atoms with E-state index in [0.29, 0.717) is 34.0 Å². The van der Waals surface area contributed by atoms with Crippen LogP contribution in [-0.4, -0.2) is 28.8 Å². The van der Waals surface area contributed by atoms with Gasteiger partial charge in [-0.15, -0.1) is 10.2 Å². The molecule has 1 aliphatic heterocycles. The number of nitrogens with one attached hydrogen (secondary N) is 2. The number of hydrogen-bond donors (Lipinski definition) is 2. The summed E-state index contributed by atoms with van der Waals surface area (Å²) < 4.78 is 5.31. The number of anilines is 3. The minimum atomic E-state index is -0.403. The molecule has 120 valence electrons. The van der Waals surface area contributed by atoms with E-state index in [2.05, 4.69) is 20.8 Å². The van der Waals surface area contributed by atoms with Gasteiger partial charge in [0.05, 0.1) is 15.7 Å². The first-order chi connectivity index (χ1) is 11.1. The van der Waals surface area contributed by atoms with Gasteiger partial charge in [-0.3, -0.25) is 4.79 Å². The number of aromatic nitrogens is 2. The smallest absolute Gasteiger partial charge is 0.254 e. The minimum absolute atomic E-state index is 0.199. The molecule has 1 aromatic carbocycles. The van der Waals surface area contributed by atoms with Gasteiger partial charge in [0.2, 0.25) is 0 Å². The van der Waals surface area contributed by atoms with E-state index in [1.165, 1.54) is 0 Å². The number of ether oxygens (including phenoxy) is 1. The molecule has 3 rings (SSSR count). The van der Waals surface area contributed by atoms with E-state index < -0.39 is 6.10 Å². The van der Waals surface area contributed by atoms with Gasteiger partial charge < -0.3 is 15.4 Å². The molecule has 6 nitrogen and oxygen atoms in total. The molecule has 1 unspecified atom stereocenters. The highest BCUT2D eigenvalue weighted by atomic mass is 35.5. The maximum atomic E-state index is 11.9. The normalized spacial score (nSPS) is 17.0. The Morgan fingerprint density at radius 3 is 2.65 bits per heavy atom. The third-order valence-corrected chi connectivity index (χ3v) is 4.17. The Kier molecular flexibility index (Phi) is 4.95. The Hall–Kier alpha value is -1.89. The van der Waals surface area contributed by atoms with Crippen molar-refractivity contribution in [3.8, 4) is 0 Å². The van der Waals surface area contributed by atoms with Gasteiger partial charge in [-0.1, -0.05) is 29.3 Å². The van der Waals surface area contributed by atoms with Crippen molar-refractivity contribution < 1.29 is 9.53 Å². The Labute approximate surface area is 143 Å². The maximum absolute atomic E-state index is 11.9. The minimum Gasteiger partial charge on any atom is -0.368 e. The fraction of sp³-hybridized carbons (Fsp3) is 0.267. The van der Waals surface area contributed by atoms with E-state index in [1.54, 1.807) is 30.3 Å². The van der Waals surface area contributed by atoms with E-state index >= 15 is 0 Å². The first kappa shape index (κ1) is 16.0. The molecule has 23 heavy (non-hydrogen) atoms. The summed E-state index contributed by atoms with van der Waals surface area (Å²) in [5.74, 6) is 0.660. The molecule has 8 heteroatoms. The van der Waals surface area contributed by atoms with E-state index in [0.717, 1.165) is 12.8 Å². The molecular weight excluding hydrogens is 339 g/mol. The summed E-state index contributed by atoms with van der Waals surface area (Å²) in [5.41, 5.74) is 0.629. The van der Waals surface area contributed by atoms with Crippen molar-refractivity contribution in [2.24, 2.45) is 0 Å². The average Bonchev–Trinajstić information content (AvgIpc) is 3.08. The molecule has 0 bridgehead atoms. The van der Waals surface area contributed by atoms with Crippen LogP contribution in [0.4, 0.5) is 17.3 Å². The zero-order valence-corrected chi connectivity index (χ0v) is 13.6. The summed E-state index contributed by atoms with van der Waals surface area (Å²) in [5, 5.41) is 14.5. The van der Waals surface area contributed by atoms with Crippen LogP contribution < -0.4 is 10.6 Å². The summed E-state index contributed by atoms with van der Waals surface area (Å²) in [6.07, 6.45) is 1.22. The van der Waals surface area contributed by atoms with E-state index in [9.17, 15) is 4.79 Å². The molecule has 1 fully saturated rings. The standard InChI is InChI=1S/C15H14Cl2N4O2/c16-9-3-1-4-10(14(9)17)18-12-6-7-13(21-20-12)19-15(22)11-5-2-8-23-11/h1,3-4,6-7,11H,2,5,8H2,(H,18,20)(H,19,21,22). The van der Waals surface area contributed by atoms with Crippen LogP contribution in [0, 0.1) is 0 Å². The molecule has 2 aromatic rings. The number of amides is 1. The molecule has 1 atom stereocenters. The van der Waals surface area contributed by atoms with Gasteiger partial charge in [0, 0.05) is 6.61 Å². The molecule has 0 radical (unpaired) electrons. The third-order valence-electron chi connectivity index (χ3n) is 3.35. The SMILES string of the molecule is O=C(Nc1ccc(Nc2cccc(Cl)c2Cl)nn1)C1CCCO1. The van der Waals surface area contributed by atoms with Gasteiger partial charge in [0.15, 0.2) is 11.6 Å². The van der Waals surface area contributed by atoms with Crippen LogP contribution in [0.1, 0.15) is 12.8 Å². The van der Waals surface area contributed by atoms with Crippen molar-refractivity contribution in [2.75, 3.05) is 17.2 Å². The molecule has 0 spiro atoms. The zero-order valence-electron chi connectivity index (χ0n) is 12.1. The summed E-state index contributed by atoms with van der Waals surface area (Å²) in [4.78, 5) is 11.9. The highest BCUT2D eigenvalue weighted by Crippen LogP contribution is 2.31. The molecule has 1 aromatic heterocycles. The number of benzene rings is 1. The lowest BCUT2D eigenvalue weighted by molar-refractivity contribution is -0.124. The van der Waals surface area contributed by atoms with Gasteiger partial charge in [0.1, 0.15) is 6.10 Å². The molecule has 0 aliphatic carbocycles. The van der Waals surface area contributed by atoms with Crippen molar-refractivity contribution in [1.82, 2.24) is 10.2 Å². The number of carbonyl (C=O) groups is 1. The van der Waals surface area contributed by atoms with Crippen LogP contribution >= 0.6 is 23.2 Å². The second-order valence-corrected chi connectivity index (χ2v) is 5.81. The largest absolute Gasteiger partial charge is 0.368 e. The first-order valence-corrected chi connectivity index (χ1v) is 7.86. The van der Waals surface area contributed by atoms with E-state index in [1.807, 2.05) is 0 Å². The van der Waals surface area contributed by atoms with Crippen molar-refractivity contribution in [3.63, 3.8) is 0 Å². The van der Waals surface area contributed by atoms with Gasteiger partial charge in [-0.2, -0.15) is 0 Å². The Balaban J connectivity index is 1.65. The predicted octanol–water partition coefficient (Wildman–Crippen LogP) is 3.64. The maximum Gasteiger partial charge on any atom is 0.254 e. The first-order valence-electron chi connectivity index (χ1n) is 7.11. The highest BCUT2D eigenvalue weighted by Gasteiger charge is 2.23. The highest BCUT2D eigenvalue weighted by molar-refractivity contribution is 6.43.